The molecule has 1 amide bonds. The molecule has 0 aliphatic rings. The SMILES string of the molecule is CCOc1c(I)cc(/C=N/NC(=O)Cc2ccc(Cl)cc2)cc1OC. The van der Waals surface area contributed by atoms with E-state index in [1.54, 1.807) is 25.5 Å². The minimum absolute atomic E-state index is 0.203. The van der Waals surface area contributed by atoms with E-state index in [1.807, 2.05) is 31.2 Å². The minimum atomic E-state index is -0.203. The monoisotopic (exact) mass is 472 g/mol. The van der Waals surface area contributed by atoms with Gasteiger partial charge >= 0.3 is 0 Å². The Hall–Kier alpha value is -1.80. The fourth-order valence-electron chi connectivity index (χ4n) is 2.10. The smallest absolute Gasteiger partial charge is 0.244 e. The second-order valence-corrected chi connectivity index (χ2v) is 6.66. The summed E-state index contributed by atoms with van der Waals surface area (Å²) < 4.78 is 11.8. The van der Waals surface area contributed by atoms with Crippen molar-refractivity contribution >= 4 is 46.3 Å². The Bertz CT molecular complexity index is 764. The van der Waals surface area contributed by atoms with Gasteiger partial charge in [0.25, 0.3) is 0 Å². The molecule has 0 radical (unpaired) electrons. The highest BCUT2D eigenvalue weighted by Gasteiger charge is 2.10. The van der Waals surface area contributed by atoms with Crippen LogP contribution in [0.1, 0.15) is 18.1 Å². The average molecular weight is 473 g/mol. The topological polar surface area (TPSA) is 59.9 Å². The van der Waals surface area contributed by atoms with Crippen LogP contribution in [0.4, 0.5) is 0 Å². The van der Waals surface area contributed by atoms with Gasteiger partial charge in [-0.25, -0.2) is 5.43 Å². The third-order valence-corrected chi connectivity index (χ3v) is 4.27. The summed E-state index contributed by atoms with van der Waals surface area (Å²) in [5, 5.41) is 4.64. The predicted molar refractivity (Wildman–Crippen MR) is 108 cm³/mol. The largest absolute Gasteiger partial charge is 0.493 e. The van der Waals surface area contributed by atoms with Gasteiger partial charge in [-0.2, -0.15) is 5.10 Å². The number of carbonyl (C=O) groups is 1. The molecule has 2 rings (SSSR count). The lowest BCUT2D eigenvalue weighted by Crippen LogP contribution is -2.19. The summed E-state index contributed by atoms with van der Waals surface area (Å²) >= 11 is 8.00. The second kappa shape index (κ2) is 9.62. The molecule has 0 atom stereocenters. The van der Waals surface area contributed by atoms with E-state index < -0.39 is 0 Å². The summed E-state index contributed by atoms with van der Waals surface area (Å²) in [6.45, 7) is 2.47. The van der Waals surface area contributed by atoms with Crippen LogP contribution < -0.4 is 14.9 Å². The number of hydrogen-bond acceptors (Lipinski definition) is 4. The number of nitrogens with one attached hydrogen (secondary N) is 1. The number of ether oxygens (including phenoxy) is 2. The number of amides is 1. The van der Waals surface area contributed by atoms with Crippen molar-refractivity contribution in [2.45, 2.75) is 13.3 Å². The van der Waals surface area contributed by atoms with Crippen LogP contribution in [-0.2, 0) is 11.2 Å². The van der Waals surface area contributed by atoms with E-state index in [2.05, 4.69) is 33.1 Å². The first-order valence-corrected chi connectivity index (χ1v) is 9.05. The highest BCUT2D eigenvalue weighted by Crippen LogP contribution is 2.33. The van der Waals surface area contributed by atoms with Gasteiger partial charge in [-0.1, -0.05) is 23.7 Å². The molecule has 0 aromatic heterocycles. The van der Waals surface area contributed by atoms with Gasteiger partial charge in [0.2, 0.25) is 5.91 Å². The van der Waals surface area contributed by atoms with Gasteiger partial charge in [-0.15, -0.1) is 0 Å². The molecular weight excluding hydrogens is 455 g/mol. The third-order valence-electron chi connectivity index (χ3n) is 3.22. The van der Waals surface area contributed by atoms with Crippen molar-refractivity contribution in [1.29, 1.82) is 0 Å². The zero-order valence-electron chi connectivity index (χ0n) is 13.9. The molecule has 0 spiro atoms. The quantitative estimate of drug-likeness (QED) is 0.376. The first-order valence-electron chi connectivity index (χ1n) is 7.60. The maximum absolute atomic E-state index is 11.9. The van der Waals surface area contributed by atoms with Crippen molar-refractivity contribution in [2.75, 3.05) is 13.7 Å². The molecular formula is C18H18ClIN2O3. The lowest BCUT2D eigenvalue weighted by atomic mass is 10.1. The minimum Gasteiger partial charge on any atom is -0.493 e. The number of halogens is 2. The Kier molecular flexibility index (Phi) is 7.52. The number of carbonyl (C=O) groups excluding carboxylic acids is 1. The van der Waals surface area contributed by atoms with Gasteiger partial charge in [0.05, 0.1) is 29.9 Å². The number of methoxy groups -OCH3 is 1. The zero-order valence-corrected chi connectivity index (χ0v) is 16.8. The van der Waals surface area contributed by atoms with Crippen LogP contribution >= 0.6 is 34.2 Å². The van der Waals surface area contributed by atoms with E-state index in [1.165, 1.54) is 0 Å². The highest BCUT2D eigenvalue weighted by molar-refractivity contribution is 14.1. The number of hydrogen-bond donors (Lipinski definition) is 1. The van der Waals surface area contributed by atoms with Crippen LogP contribution in [0, 0.1) is 3.57 Å². The van der Waals surface area contributed by atoms with E-state index in [9.17, 15) is 4.79 Å². The molecule has 0 aliphatic carbocycles. The van der Waals surface area contributed by atoms with E-state index in [0.29, 0.717) is 23.1 Å². The molecule has 0 heterocycles. The summed E-state index contributed by atoms with van der Waals surface area (Å²) in [5.41, 5.74) is 4.19. The molecule has 2 aromatic rings. The first-order chi connectivity index (χ1) is 12.0. The maximum atomic E-state index is 11.9. The molecule has 25 heavy (non-hydrogen) atoms. The van der Waals surface area contributed by atoms with E-state index in [0.717, 1.165) is 14.7 Å². The van der Waals surface area contributed by atoms with Crippen molar-refractivity contribution in [3.63, 3.8) is 0 Å². The Morgan fingerprint density at radius 3 is 2.68 bits per heavy atom. The molecule has 132 valence electrons. The van der Waals surface area contributed by atoms with Crippen molar-refractivity contribution in [3.05, 3.63) is 56.1 Å². The first kappa shape index (κ1) is 19.5. The fraction of sp³-hybridized carbons (Fsp3) is 0.222. The second-order valence-electron chi connectivity index (χ2n) is 5.06. The fourth-order valence-corrected chi connectivity index (χ4v) is 3.01. The van der Waals surface area contributed by atoms with Crippen LogP contribution in [0.2, 0.25) is 5.02 Å². The van der Waals surface area contributed by atoms with Crippen LogP contribution in [-0.4, -0.2) is 25.8 Å². The molecule has 0 fully saturated rings. The lowest BCUT2D eigenvalue weighted by Gasteiger charge is -2.12. The predicted octanol–water partition coefficient (Wildman–Crippen LogP) is 4.04. The van der Waals surface area contributed by atoms with E-state index in [4.69, 9.17) is 21.1 Å². The van der Waals surface area contributed by atoms with Gasteiger partial charge < -0.3 is 9.47 Å². The number of benzene rings is 2. The maximum Gasteiger partial charge on any atom is 0.244 e. The van der Waals surface area contributed by atoms with Gasteiger partial charge in [0, 0.05) is 5.02 Å². The van der Waals surface area contributed by atoms with Crippen LogP contribution in [0.5, 0.6) is 11.5 Å². The van der Waals surface area contributed by atoms with Crippen LogP contribution in [0.15, 0.2) is 41.5 Å². The van der Waals surface area contributed by atoms with Gasteiger partial charge in [0.1, 0.15) is 0 Å². The molecule has 0 aliphatic heterocycles. The summed E-state index contributed by atoms with van der Waals surface area (Å²) in [6.07, 6.45) is 1.80. The van der Waals surface area contributed by atoms with Gasteiger partial charge in [0.15, 0.2) is 11.5 Å². The Balaban J connectivity index is 2.00. The van der Waals surface area contributed by atoms with Gasteiger partial charge in [-0.3, -0.25) is 4.79 Å². The normalized spacial score (nSPS) is 10.7. The molecule has 0 bridgehead atoms. The van der Waals surface area contributed by atoms with Crippen LogP contribution in [0.25, 0.3) is 0 Å². The molecule has 2 aromatic carbocycles. The molecule has 0 unspecified atom stereocenters. The summed E-state index contributed by atoms with van der Waals surface area (Å²) in [4.78, 5) is 11.9. The molecule has 5 nitrogen and oxygen atoms in total. The van der Waals surface area contributed by atoms with Crippen molar-refractivity contribution in [2.24, 2.45) is 5.10 Å². The van der Waals surface area contributed by atoms with Crippen molar-refractivity contribution in [1.82, 2.24) is 5.43 Å². The zero-order chi connectivity index (χ0) is 18.2. The lowest BCUT2D eigenvalue weighted by molar-refractivity contribution is -0.120. The standard InChI is InChI=1S/C18H18ClIN2O3/c1-3-25-18-15(20)8-13(9-16(18)24-2)11-21-22-17(23)10-12-4-6-14(19)7-5-12/h4-9,11H,3,10H2,1-2H3,(H,22,23)/b21-11+. The molecule has 0 saturated heterocycles. The molecule has 0 saturated carbocycles. The number of rotatable bonds is 7. The van der Waals surface area contributed by atoms with E-state index in [-0.39, 0.29) is 12.3 Å². The third kappa shape index (κ3) is 5.89. The molecule has 1 N–H and O–H groups in total. The van der Waals surface area contributed by atoms with Gasteiger partial charge in [-0.05, 0) is 64.9 Å². The number of hydrazone groups is 1. The van der Waals surface area contributed by atoms with Crippen molar-refractivity contribution < 1.29 is 14.3 Å². The number of nitrogens with zero attached hydrogens (tertiary/aromatic N) is 1. The van der Waals surface area contributed by atoms with Crippen LogP contribution in [0.3, 0.4) is 0 Å². The Morgan fingerprint density at radius 2 is 2.04 bits per heavy atom. The summed E-state index contributed by atoms with van der Waals surface area (Å²) in [7, 11) is 1.59. The summed E-state index contributed by atoms with van der Waals surface area (Å²) in [6, 6.07) is 10.8. The summed E-state index contributed by atoms with van der Waals surface area (Å²) in [5.74, 6) is 1.13. The van der Waals surface area contributed by atoms with E-state index >= 15 is 0 Å². The van der Waals surface area contributed by atoms with Crippen molar-refractivity contribution in [3.8, 4) is 11.5 Å². The highest BCUT2D eigenvalue weighted by atomic mass is 127. The Morgan fingerprint density at radius 1 is 1.32 bits per heavy atom. The molecule has 7 heteroatoms. The average Bonchev–Trinajstić information content (AvgIpc) is 2.59. The Labute approximate surface area is 165 Å².